The molecule has 5 unspecified atom stereocenters. The summed E-state index contributed by atoms with van der Waals surface area (Å²) in [5, 5.41) is 38.0. The number of amides is 2. The third kappa shape index (κ3) is 7.45. The van der Waals surface area contributed by atoms with Gasteiger partial charge in [-0.25, -0.2) is 9.69 Å². The van der Waals surface area contributed by atoms with Crippen molar-refractivity contribution in [2.75, 3.05) is 39.5 Å². The average molecular weight is 567 g/mol. The van der Waals surface area contributed by atoms with Gasteiger partial charge in [-0.2, -0.15) is 0 Å². The molecule has 40 heavy (non-hydrogen) atoms. The van der Waals surface area contributed by atoms with E-state index in [1.807, 2.05) is 4.90 Å². The molecule has 2 aliphatic carbocycles. The molecule has 3 saturated heterocycles. The van der Waals surface area contributed by atoms with E-state index in [2.05, 4.69) is 52.3 Å². The maximum atomic E-state index is 12.5. The lowest BCUT2D eigenvalue weighted by Gasteiger charge is -2.38. The third-order valence-corrected chi connectivity index (χ3v) is 9.78. The van der Waals surface area contributed by atoms with E-state index in [1.54, 1.807) is 0 Å². The number of urea groups is 1. The molecule has 2 saturated carbocycles. The summed E-state index contributed by atoms with van der Waals surface area (Å²) in [6.45, 7) is 11.0. The lowest BCUT2D eigenvalue weighted by atomic mass is 9.71. The number of rotatable bonds is 10. The van der Waals surface area contributed by atoms with Gasteiger partial charge in [0.05, 0.1) is 25.0 Å². The minimum Gasteiger partial charge on any atom is -0.387 e. The van der Waals surface area contributed by atoms with Crippen molar-refractivity contribution in [2.45, 2.75) is 115 Å². The van der Waals surface area contributed by atoms with Crippen molar-refractivity contribution < 1.29 is 19.7 Å². The molecule has 3 aliphatic heterocycles. The predicted molar refractivity (Wildman–Crippen MR) is 153 cm³/mol. The largest absolute Gasteiger partial charge is 0.387 e. The fourth-order valence-electron chi connectivity index (χ4n) is 7.03. The number of aliphatic hydroxyl groups excluding tert-OH is 2. The first kappa shape index (κ1) is 30.4. The molecule has 0 aromatic rings. The Kier molecular flexibility index (Phi) is 9.91. The Labute approximate surface area is 239 Å². The van der Waals surface area contributed by atoms with Crippen molar-refractivity contribution in [1.82, 2.24) is 36.4 Å². The average Bonchev–Trinajstić information content (AvgIpc) is 3.56. The highest BCUT2D eigenvalue weighted by atomic mass is 16.6. The first-order valence-corrected chi connectivity index (χ1v) is 15.6. The Bertz CT molecular complexity index is 834. The van der Waals surface area contributed by atoms with Crippen molar-refractivity contribution >= 4 is 6.03 Å². The first-order valence-electron chi connectivity index (χ1n) is 15.6. The van der Waals surface area contributed by atoms with Crippen LogP contribution in [0.1, 0.15) is 65.7 Å². The maximum Gasteiger partial charge on any atom is 0.315 e. The van der Waals surface area contributed by atoms with Crippen LogP contribution in [0.15, 0.2) is 0 Å². The van der Waals surface area contributed by atoms with Gasteiger partial charge in [-0.1, -0.05) is 20.8 Å². The highest BCUT2D eigenvalue weighted by Crippen LogP contribution is 2.37. The number of hydrogen-bond acceptors (Lipinski definition) is 10. The molecule has 3 heterocycles. The monoisotopic (exact) mass is 566 g/mol. The Morgan fingerprint density at radius 3 is 2.50 bits per heavy atom. The minimum absolute atomic E-state index is 0.00433. The van der Waals surface area contributed by atoms with Gasteiger partial charge in [0, 0.05) is 32.3 Å². The van der Waals surface area contributed by atoms with Crippen LogP contribution in [0.2, 0.25) is 0 Å². The summed E-state index contributed by atoms with van der Waals surface area (Å²) < 4.78 is 6.31. The normalized spacial score (nSPS) is 38.9. The zero-order valence-electron chi connectivity index (χ0n) is 24.6. The van der Waals surface area contributed by atoms with Crippen LogP contribution in [0.25, 0.3) is 0 Å². The van der Waals surface area contributed by atoms with Crippen LogP contribution < -0.4 is 32.3 Å². The van der Waals surface area contributed by atoms with Crippen molar-refractivity contribution in [2.24, 2.45) is 23.0 Å². The number of aliphatic hydroxyl groups is 2. The van der Waals surface area contributed by atoms with Gasteiger partial charge in [-0.15, -0.1) is 0 Å². The van der Waals surface area contributed by atoms with Gasteiger partial charge < -0.3 is 36.2 Å². The number of ether oxygens (including phenoxy) is 1. The van der Waals surface area contributed by atoms with Gasteiger partial charge in [0.25, 0.3) is 0 Å². The van der Waals surface area contributed by atoms with Gasteiger partial charge in [0.1, 0.15) is 24.5 Å². The predicted octanol–water partition coefficient (Wildman–Crippen LogP) is -0.568. The quantitative estimate of drug-likeness (QED) is 0.161. The Morgan fingerprint density at radius 1 is 1.05 bits per heavy atom. The molecule has 0 radical (unpaired) electrons. The fraction of sp³-hybridized carbons (Fsp3) is 0.964. The zero-order valence-corrected chi connectivity index (χ0v) is 24.6. The summed E-state index contributed by atoms with van der Waals surface area (Å²) in [4.78, 5) is 16.9. The third-order valence-electron chi connectivity index (χ3n) is 9.78. The molecule has 2 amide bonds. The van der Waals surface area contributed by atoms with Gasteiger partial charge in [0.15, 0.2) is 0 Å². The van der Waals surface area contributed by atoms with Crippen molar-refractivity contribution in [1.29, 1.82) is 0 Å². The molecule has 9 N–H and O–H groups in total. The van der Waals surface area contributed by atoms with Gasteiger partial charge in [-0.3, -0.25) is 16.0 Å². The van der Waals surface area contributed by atoms with Crippen LogP contribution >= 0.6 is 0 Å². The molecule has 7 atom stereocenters. The van der Waals surface area contributed by atoms with Crippen LogP contribution in [0, 0.1) is 17.3 Å². The molecule has 0 bridgehead atoms. The second kappa shape index (κ2) is 13.0. The van der Waals surface area contributed by atoms with Gasteiger partial charge in [0.2, 0.25) is 0 Å². The molecule has 5 rings (SSSR count). The number of carbonyl (C=O) groups is 1. The van der Waals surface area contributed by atoms with Crippen molar-refractivity contribution in [3.05, 3.63) is 0 Å². The van der Waals surface area contributed by atoms with E-state index in [0.717, 1.165) is 38.3 Å². The Morgan fingerprint density at radius 2 is 1.80 bits per heavy atom. The molecule has 0 spiro atoms. The summed E-state index contributed by atoms with van der Waals surface area (Å²) in [5.74, 6) is 1.41. The van der Waals surface area contributed by atoms with E-state index in [0.29, 0.717) is 37.8 Å². The topological polar surface area (TPSA) is 159 Å². The van der Waals surface area contributed by atoms with E-state index >= 15 is 0 Å². The lowest BCUT2D eigenvalue weighted by Crippen LogP contribution is -2.68. The standard InChI is InChI=1S/C28H54N8O4/c1-28(2,3)18-7-9-19(10-8-18)34-27(39)30-11-4-12-35(13-17-5-6-17)14-20-22(37)23(38)26(40-20)36-16-33-21-24(29)31-15-32-25(21)36/h17-26,31-33,37-38H,4-16,29H2,1-3H3,(H2,30,34,39)/t18?,19?,20?,21?,22-,23-,24?,25?,26?/m1/s1. The second-order valence-corrected chi connectivity index (χ2v) is 13.9. The zero-order chi connectivity index (χ0) is 28.4. The molecule has 12 heteroatoms. The number of carbonyl (C=O) groups excluding carboxylic acids is 1. The van der Waals surface area contributed by atoms with E-state index in [9.17, 15) is 15.0 Å². The molecular weight excluding hydrogens is 512 g/mol. The van der Waals surface area contributed by atoms with Crippen LogP contribution in [0.4, 0.5) is 4.79 Å². The number of fused-ring (bicyclic) bond motifs is 1. The molecule has 0 aromatic heterocycles. The second-order valence-electron chi connectivity index (χ2n) is 13.9. The summed E-state index contributed by atoms with van der Waals surface area (Å²) in [6.07, 6.45) is 4.43. The smallest absolute Gasteiger partial charge is 0.315 e. The highest BCUT2D eigenvalue weighted by Gasteiger charge is 2.51. The van der Waals surface area contributed by atoms with E-state index < -0.39 is 24.5 Å². The summed E-state index contributed by atoms with van der Waals surface area (Å²) in [5.41, 5.74) is 6.54. The Hall–Kier alpha value is -1.09. The van der Waals surface area contributed by atoms with Gasteiger partial charge in [-0.05, 0) is 68.7 Å². The fourth-order valence-corrected chi connectivity index (χ4v) is 7.03. The highest BCUT2D eigenvalue weighted by molar-refractivity contribution is 5.74. The summed E-state index contributed by atoms with van der Waals surface area (Å²) in [7, 11) is 0. The van der Waals surface area contributed by atoms with E-state index in [-0.39, 0.29) is 30.4 Å². The van der Waals surface area contributed by atoms with Crippen LogP contribution in [-0.4, -0.2) is 115 Å². The van der Waals surface area contributed by atoms with E-state index in [4.69, 9.17) is 10.5 Å². The molecular formula is C28H54N8O4. The van der Waals surface area contributed by atoms with Crippen LogP contribution in [-0.2, 0) is 4.74 Å². The van der Waals surface area contributed by atoms with Crippen LogP contribution in [0.5, 0.6) is 0 Å². The number of nitrogens with zero attached hydrogens (tertiary/aromatic N) is 2. The Balaban J connectivity index is 1.05. The first-order chi connectivity index (χ1) is 19.1. The molecule has 5 aliphatic rings. The molecule has 0 aromatic carbocycles. The minimum atomic E-state index is -0.995. The van der Waals surface area contributed by atoms with Crippen LogP contribution in [0.3, 0.4) is 0 Å². The van der Waals surface area contributed by atoms with Crippen molar-refractivity contribution in [3.8, 4) is 0 Å². The number of hydrogen-bond donors (Lipinski definition) is 8. The SMILES string of the molecule is CC(C)(C)C1CCC(NC(=O)NCCCN(CC2CC2)CC2OC(N3CNC4C(N)NCNC43)[C@H](O)[C@@H]2O)CC1. The molecule has 12 nitrogen and oxygen atoms in total. The lowest BCUT2D eigenvalue weighted by molar-refractivity contribution is -0.107. The molecule has 230 valence electrons. The summed E-state index contributed by atoms with van der Waals surface area (Å²) in [6, 6.07) is 0.190. The van der Waals surface area contributed by atoms with Crippen molar-refractivity contribution in [3.63, 3.8) is 0 Å². The van der Waals surface area contributed by atoms with E-state index in [1.165, 1.54) is 25.7 Å². The summed E-state index contributed by atoms with van der Waals surface area (Å²) >= 11 is 0. The molecule has 5 fully saturated rings. The number of nitrogens with two attached hydrogens (primary N) is 1. The van der Waals surface area contributed by atoms with Gasteiger partial charge >= 0.3 is 6.03 Å². The maximum absolute atomic E-state index is 12.5. The number of nitrogens with one attached hydrogen (secondary N) is 5.